The van der Waals surface area contributed by atoms with E-state index in [0.29, 0.717) is 16.6 Å². The van der Waals surface area contributed by atoms with E-state index in [1.165, 1.54) is 0 Å². The Labute approximate surface area is 190 Å². The van der Waals surface area contributed by atoms with E-state index in [-0.39, 0.29) is 18.0 Å². The van der Waals surface area contributed by atoms with Crippen LogP contribution in [-0.2, 0) is 12.7 Å². The first-order valence-corrected chi connectivity index (χ1v) is 10.7. The van der Waals surface area contributed by atoms with Crippen molar-refractivity contribution in [3.05, 3.63) is 65.4 Å². The molecule has 0 unspecified atom stereocenters. The highest BCUT2D eigenvalue weighted by atomic mass is 19.4. The van der Waals surface area contributed by atoms with E-state index in [4.69, 9.17) is 0 Å². The number of nitrogens with zero attached hydrogens (tertiary/aromatic N) is 3. The Hall–Kier alpha value is -3.33. The third-order valence-electron chi connectivity index (χ3n) is 5.88. The van der Waals surface area contributed by atoms with Crippen molar-refractivity contribution in [2.24, 2.45) is 0 Å². The molecule has 1 saturated heterocycles. The van der Waals surface area contributed by atoms with Gasteiger partial charge in [-0.2, -0.15) is 13.2 Å². The quantitative estimate of drug-likeness (QED) is 0.607. The van der Waals surface area contributed by atoms with Crippen molar-refractivity contribution < 1.29 is 18.0 Å². The molecule has 0 saturated carbocycles. The van der Waals surface area contributed by atoms with E-state index >= 15 is 0 Å². The Bertz CT molecular complexity index is 1160. The molecule has 0 aliphatic carbocycles. The molecular weight excluding hydrogens is 431 g/mol. The van der Waals surface area contributed by atoms with E-state index in [2.05, 4.69) is 32.5 Å². The number of fused-ring (bicyclic) bond motifs is 1. The zero-order chi connectivity index (χ0) is 23.6. The third kappa shape index (κ3) is 5.19. The first-order chi connectivity index (χ1) is 15.7. The van der Waals surface area contributed by atoms with Crippen LogP contribution in [0.1, 0.15) is 21.5 Å². The van der Waals surface area contributed by atoms with Gasteiger partial charge in [0.05, 0.1) is 23.0 Å². The van der Waals surface area contributed by atoms with Gasteiger partial charge in [-0.3, -0.25) is 9.78 Å². The molecule has 6 nitrogen and oxygen atoms in total. The maximum atomic E-state index is 13.5. The van der Waals surface area contributed by atoms with Crippen LogP contribution in [0.3, 0.4) is 0 Å². The summed E-state index contributed by atoms with van der Waals surface area (Å²) in [4.78, 5) is 20.7. The lowest BCUT2D eigenvalue weighted by Crippen LogP contribution is -2.44. The van der Waals surface area contributed by atoms with E-state index in [9.17, 15) is 18.0 Å². The number of carbonyl (C=O) groups is 1. The fourth-order valence-electron chi connectivity index (χ4n) is 3.93. The number of hydrogen-bond donors (Lipinski definition) is 2. The van der Waals surface area contributed by atoms with E-state index < -0.39 is 11.7 Å². The van der Waals surface area contributed by atoms with Gasteiger partial charge in [0.15, 0.2) is 0 Å². The molecule has 0 radical (unpaired) electrons. The van der Waals surface area contributed by atoms with Gasteiger partial charge in [-0.15, -0.1) is 0 Å². The minimum atomic E-state index is -4.48. The van der Waals surface area contributed by atoms with Gasteiger partial charge in [0.1, 0.15) is 0 Å². The number of carbonyl (C=O) groups excluding carboxylic acids is 1. The minimum absolute atomic E-state index is 0.220. The summed E-state index contributed by atoms with van der Waals surface area (Å²) in [5.74, 6) is -0.220. The molecule has 33 heavy (non-hydrogen) atoms. The first kappa shape index (κ1) is 22.8. The van der Waals surface area contributed by atoms with Crippen LogP contribution in [0, 0.1) is 0 Å². The van der Waals surface area contributed by atoms with Crippen molar-refractivity contribution in [1.82, 2.24) is 15.2 Å². The Morgan fingerprint density at radius 1 is 1.09 bits per heavy atom. The molecule has 4 rings (SSSR count). The Kier molecular flexibility index (Phi) is 6.42. The second kappa shape index (κ2) is 9.27. The highest BCUT2D eigenvalue weighted by Crippen LogP contribution is 2.36. The van der Waals surface area contributed by atoms with Gasteiger partial charge in [0, 0.05) is 56.4 Å². The van der Waals surface area contributed by atoms with Gasteiger partial charge in [0.2, 0.25) is 0 Å². The van der Waals surface area contributed by atoms with Crippen LogP contribution in [0.15, 0.2) is 48.7 Å². The predicted molar refractivity (Wildman–Crippen MR) is 124 cm³/mol. The maximum absolute atomic E-state index is 13.5. The normalized spacial score (nSPS) is 15.0. The highest BCUT2D eigenvalue weighted by Gasteiger charge is 2.31. The number of nitrogens with one attached hydrogen (secondary N) is 2. The molecular formula is C24H26F3N5O. The summed E-state index contributed by atoms with van der Waals surface area (Å²) in [7, 11) is 3.61. The number of likely N-dealkylation sites (N-methyl/N-ethyl adjacent to an activating group) is 1. The summed E-state index contributed by atoms with van der Waals surface area (Å²) < 4.78 is 40.6. The summed E-state index contributed by atoms with van der Waals surface area (Å²) in [5, 5.41) is 6.34. The van der Waals surface area contributed by atoms with Crippen LogP contribution < -0.4 is 15.5 Å². The topological polar surface area (TPSA) is 60.5 Å². The number of piperazine rings is 1. The molecule has 1 fully saturated rings. The Balaban J connectivity index is 1.68. The summed E-state index contributed by atoms with van der Waals surface area (Å²) in [5.41, 5.74) is 2.05. The highest BCUT2D eigenvalue weighted by molar-refractivity contribution is 5.95. The molecule has 0 bridgehead atoms. The number of alkyl halides is 3. The molecule has 1 aliphatic rings. The van der Waals surface area contributed by atoms with Crippen molar-refractivity contribution in [3.63, 3.8) is 0 Å². The number of hydrogen-bond acceptors (Lipinski definition) is 5. The summed E-state index contributed by atoms with van der Waals surface area (Å²) in [6, 6.07) is 11.1. The van der Waals surface area contributed by atoms with Crippen LogP contribution in [-0.4, -0.2) is 56.1 Å². The second-order valence-electron chi connectivity index (χ2n) is 8.21. The number of anilines is 2. The SMILES string of the molecule is CNC(=O)c1cccc(CNc2cc(C(F)(F)F)cc3ncc(N4CCN(C)CC4)cc23)c1. The molecule has 2 heterocycles. The fraction of sp³-hybridized carbons (Fsp3) is 0.333. The van der Waals surface area contributed by atoms with Crippen molar-refractivity contribution in [2.75, 3.05) is 50.5 Å². The van der Waals surface area contributed by atoms with E-state index in [1.54, 1.807) is 31.4 Å². The largest absolute Gasteiger partial charge is 0.416 e. The van der Waals surface area contributed by atoms with Gasteiger partial charge in [0.25, 0.3) is 5.91 Å². The Morgan fingerprint density at radius 3 is 2.55 bits per heavy atom. The first-order valence-electron chi connectivity index (χ1n) is 10.7. The number of benzene rings is 2. The molecule has 3 aromatic rings. The zero-order valence-electron chi connectivity index (χ0n) is 18.5. The average Bonchev–Trinajstić information content (AvgIpc) is 2.81. The molecule has 174 valence electrons. The van der Waals surface area contributed by atoms with Crippen molar-refractivity contribution >= 4 is 28.2 Å². The Morgan fingerprint density at radius 2 is 1.85 bits per heavy atom. The van der Waals surface area contributed by atoms with E-state index in [0.717, 1.165) is 49.6 Å². The monoisotopic (exact) mass is 457 g/mol. The molecule has 2 aromatic carbocycles. The number of amides is 1. The lowest BCUT2D eigenvalue weighted by molar-refractivity contribution is -0.137. The van der Waals surface area contributed by atoms with Crippen LogP contribution in [0.2, 0.25) is 0 Å². The lowest BCUT2D eigenvalue weighted by atomic mass is 10.1. The van der Waals surface area contributed by atoms with Crippen molar-refractivity contribution in [3.8, 4) is 0 Å². The van der Waals surface area contributed by atoms with E-state index in [1.807, 2.05) is 12.1 Å². The van der Waals surface area contributed by atoms with Crippen molar-refractivity contribution in [2.45, 2.75) is 12.7 Å². The molecule has 9 heteroatoms. The molecule has 0 spiro atoms. The van der Waals surface area contributed by atoms with Gasteiger partial charge in [-0.1, -0.05) is 12.1 Å². The van der Waals surface area contributed by atoms with Gasteiger partial charge in [-0.25, -0.2) is 0 Å². The fourth-order valence-corrected chi connectivity index (χ4v) is 3.93. The van der Waals surface area contributed by atoms with Crippen LogP contribution in [0.4, 0.5) is 24.5 Å². The molecule has 0 atom stereocenters. The number of pyridine rings is 1. The van der Waals surface area contributed by atoms with Gasteiger partial charge >= 0.3 is 6.18 Å². The van der Waals surface area contributed by atoms with Crippen LogP contribution >= 0.6 is 0 Å². The number of aromatic nitrogens is 1. The third-order valence-corrected chi connectivity index (χ3v) is 5.88. The molecule has 2 N–H and O–H groups in total. The zero-order valence-corrected chi connectivity index (χ0v) is 18.5. The smallest absolute Gasteiger partial charge is 0.380 e. The number of halogens is 3. The van der Waals surface area contributed by atoms with Gasteiger partial charge in [-0.05, 0) is 42.9 Å². The molecule has 1 aromatic heterocycles. The molecule has 1 aliphatic heterocycles. The van der Waals surface area contributed by atoms with Crippen LogP contribution in [0.5, 0.6) is 0 Å². The summed E-state index contributed by atoms with van der Waals surface area (Å²) >= 11 is 0. The summed E-state index contributed by atoms with van der Waals surface area (Å²) in [6.07, 6.45) is -2.84. The maximum Gasteiger partial charge on any atom is 0.416 e. The average molecular weight is 458 g/mol. The second-order valence-corrected chi connectivity index (χ2v) is 8.21. The van der Waals surface area contributed by atoms with Crippen LogP contribution in [0.25, 0.3) is 10.9 Å². The summed E-state index contributed by atoms with van der Waals surface area (Å²) in [6.45, 7) is 3.76. The molecule has 1 amide bonds. The predicted octanol–water partition coefficient (Wildman–Crippen LogP) is 3.98. The van der Waals surface area contributed by atoms with Gasteiger partial charge < -0.3 is 20.4 Å². The standard InChI is InChI=1S/C24H26F3N5O/c1-28-23(33)17-5-3-4-16(10-17)14-29-21-11-18(24(25,26)27)12-22-20(21)13-19(15-30-22)32-8-6-31(2)7-9-32/h3-5,10-13,15,29H,6-9,14H2,1-2H3,(H,28,33). The van der Waals surface area contributed by atoms with Crippen molar-refractivity contribution in [1.29, 1.82) is 0 Å². The minimum Gasteiger partial charge on any atom is -0.380 e. The lowest BCUT2D eigenvalue weighted by Gasteiger charge is -2.34. The number of rotatable bonds is 5.